The van der Waals surface area contributed by atoms with Gasteiger partial charge in [-0.1, -0.05) is 18.2 Å². The molecule has 3 aromatic heterocycles. The van der Waals surface area contributed by atoms with Crippen LogP contribution in [0.4, 0.5) is 13.2 Å². The zero-order valence-corrected chi connectivity index (χ0v) is 24.6. The number of rotatable bonds is 12. The van der Waals surface area contributed by atoms with Crippen molar-refractivity contribution < 1.29 is 36.9 Å². The standard InChI is InChI=1S/C33H28F3N3O6/c1-39-18-22(32(41)30(25(39)17-34)20-5-7-21(35)8-6-20)26(40)15-19-4-9-27(23(36)14-19)45-28-10-11-37-24-16-29(43-3)33(38-31(24)28)44-13-12-42-2/h4-11,14,16,18H,12-13,15,17H2,1-3H3. The lowest BCUT2D eigenvalue weighted by atomic mass is 9.97. The second-order valence-electron chi connectivity index (χ2n) is 9.93. The molecular formula is C33H28F3N3O6. The number of aryl methyl sites for hydroxylation is 1. The average molecular weight is 620 g/mol. The molecule has 45 heavy (non-hydrogen) atoms. The first-order valence-corrected chi connectivity index (χ1v) is 13.7. The van der Waals surface area contributed by atoms with Gasteiger partial charge in [0.25, 0.3) is 5.88 Å². The summed E-state index contributed by atoms with van der Waals surface area (Å²) in [7, 11) is 4.51. The number of Topliss-reactive ketones (excluding diaryl/α,β-unsaturated/α-hetero) is 1. The molecular weight excluding hydrogens is 591 g/mol. The normalized spacial score (nSPS) is 11.1. The smallest absolute Gasteiger partial charge is 0.257 e. The highest BCUT2D eigenvalue weighted by molar-refractivity contribution is 5.98. The lowest BCUT2D eigenvalue weighted by Gasteiger charge is -2.14. The molecule has 5 aromatic rings. The van der Waals surface area contributed by atoms with Gasteiger partial charge in [0.2, 0.25) is 5.43 Å². The van der Waals surface area contributed by atoms with Gasteiger partial charge in [0.1, 0.15) is 24.6 Å². The molecule has 0 spiro atoms. The van der Waals surface area contributed by atoms with E-state index in [2.05, 4.69) is 9.97 Å². The number of halogens is 3. The van der Waals surface area contributed by atoms with Crippen molar-refractivity contribution in [1.29, 1.82) is 0 Å². The van der Waals surface area contributed by atoms with Crippen molar-refractivity contribution in [2.45, 2.75) is 13.1 Å². The van der Waals surface area contributed by atoms with E-state index in [1.54, 1.807) is 6.07 Å². The quantitative estimate of drug-likeness (QED) is 0.124. The van der Waals surface area contributed by atoms with Gasteiger partial charge in [-0.25, -0.2) is 18.2 Å². The molecule has 0 unspecified atom stereocenters. The minimum absolute atomic E-state index is 0.0381. The number of alkyl halides is 1. The Bertz CT molecular complexity index is 1930. The predicted molar refractivity (Wildman–Crippen MR) is 160 cm³/mol. The minimum Gasteiger partial charge on any atom is -0.491 e. The Hall–Kier alpha value is -5.23. The summed E-state index contributed by atoms with van der Waals surface area (Å²) < 4.78 is 65.9. The lowest BCUT2D eigenvalue weighted by Crippen LogP contribution is -2.23. The number of methoxy groups -OCH3 is 2. The molecule has 12 heteroatoms. The van der Waals surface area contributed by atoms with E-state index >= 15 is 4.39 Å². The molecule has 0 aliphatic carbocycles. The number of hydrogen-bond donors (Lipinski definition) is 0. The first kappa shape index (κ1) is 31.2. The monoisotopic (exact) mass is 619 g/mol. The molecule has 0 bridgehead atoms. The number of ether oxygens (including phenoxy) is 4. The van der Waals surface area contributed by atoms with Gasteiger partial charge in [-0.05, 0) is 35.4 Å². The van der Waals surface area contributed by atoms with Crippen molar-refractivity contribution in [3.63, 3.8) is 0 Å². The summed E-state index contributed by atoms with van der Waals surface area (Å²) in [5, 5.41) is 0. The number of ketones is 1. The number of hydrogen-bond acceptors (Lipinski definition) is 8. The number of benzene rings is 2. The highest BCUT2D eigenvalue weighted by Gasteiger charge is 2.21. The third-order valence-corrected chi connectivity index (χ3v) is 7.00. The Morgan fingerprint density at radius 3 is 2.42 bits per heavy atom. The fraction of sp³-hybridized carbons (Fsp3) is 0.212. The first-order valence-electron chi connectivity index (χ1n) is 13.7. The van der Waals surface area contributed by atoms with Gasteiger partial charge in [0.05, 0.1) is 36.1 Å². The van der Waals surface area contributed by atoms with Crippen LogP contribution >= 0.6 is 0 Å². The number of carbonyl (C=O) groups excluding carboxylic acids is 1. The zero-order valence-electron chi connectivity index (χ0n) is 24.6. The van der Waals surface area contributed by atoms with Gasteiger partial charge >= 0.3 is 0 Å². The second kappa shape index (κ2) is 13.6. The number of carbonyl (C=O) groups is 1. The number of fused-ring (bicyclic) bond motifs is 1. The highest BCUT2D eigenvalue weighted by atomic mass is 19.1. The molecule has 0 aliphatic rings. The Labute approximate surface area is 255 Å². The van der Waals surface area contributed by atoms with Crippen molar-refractivity contribution in [2.75, 3.05) is 27.4 Å². The largest absolute Gasteiger partial charge is 0.491 e. The SMILES string of the molecule is COCCOc1nc2c(Oc3ccc(CC(=O)c4cn(C)c(CF)c(-c5ccc(F)cc5)c4=O)cc3F)ccnc2cc1OC. The van der Waals surface area contributed by atoms with E-state index in [0.717, 1.165) is 18.2 Å². The summed E-state index contributed by atoms with van der Waals surface area (Å²) in [5.74, 6) is -1.29. The van der Waals surface area contributed by atoms with Crippen LogP contribution in [0.2, 0.25) is 0 Å². The molecule has 0 amide bonds. The van der Waals surface area contributed by atoms with Gasteiger partial charge < -0.3 is 23.5 Å². The van der Waals surface area contributed by atoms with Crippen LogP contribution < -0.4 is 19.6 Å². The van der Waals surface area contributed by atoms with E-state index in [1.165, 1.54) is 68.6 Å². The van der Waals surface area contributed by atoms with E-state index in [9.17, 15) is 18.4 Å². The van der Waals surface area contributed by atoms with Gasteiger partial charge in [-0.3, -0.25) is 14.6 Å². The van der Waals surface area contributed by atoms with Crippen LogP contribution in [-0.2, 0) is 24.9 Å². The van der Waals surface area contributed by atoms with Crippen LogP contribution in [0.3, 0.4) is 0 Å². The fourth-order valence-corrected chi connectivity index (χ4v) is 4.75. The predicted octanol–water partition coefficient (Wildman–Crippen LogP) is 5.99. The third-order valence-electron chi connectivity index (χ3n) is 7.00. The van der Waals surface area contributed by atoms with Crippen LogP contribution in [0.1, 0.15) is 21.6 Å². The van der Waals surface area contributed by atoms with Crippen molar-refractivity contribution in [2.24, 2.45) is 7.05 Å². The maximum atomic E-state index is 15.3. The van der Waals surface area contributed by atoms with E-state index in [0.29, 0.717) is 23.4 Å². The van der Waals surface area contributed by atoms with E-state index < -0.39 is 29.5 Å². The summed E-state index contributed by atoms with van der Waals surface area (Å²) in [6, 6.07) is 12.1. The lowest BCUT2D eigenvalue weighted by molar-refractivity contribution is 0.0991. The Morgan fingerprint density at radius 1 is 0.956 bits per heavy atom. The molecule has 0 fully saturated rings. The van der Waals surface area contributed by atoms with Crippen molar-refractivity contribution in [3.8, 4) is 34.3 Å². The van der Waals surface area contributed by atoms with Crippen molar-refractivity contribution in [1.82, 2.24) is 14.5 Å². The van der Waals surface area contributed by atoms with Gasteiger partial charge in [0.15, 0.2) is 28.8 Å². The summed E-state index contributed by atoms with van der Waals surface area (Å²) in [5.41, 5.74) is 0.378. The third kappa shape index (κ3) is 6.65. The van der Waals surface area contributed by atoms with E-state index in [4.69, 9.17) is 18.9 Å². The first-order chi connectivity index (χ1) is 21.7. The fourth-order valence-electron chi connectivity index (χ4n) is 4.75. The van der Waals surface area contributed by atoms with Gasteiger partial charge in [0, 0.05) is 45.1 Å². The number of aromatic nitrogens is 3. The Morgan fingerprint density at radius 2 is 1.73 bits per heavy atom. The molecule has 3 heterocycles. The van der Waals surface area contributed by atoms with Gasteiger partial charge in [-0.15, -0.1) is 0 Å². The van der Waals surface area contributed by atoms with Crippen LogP contribution in [-0.4, -0.2) is 47.8 Å². The van der Waals surface area contributed by atoms with Crippen LogP contribution in [0.15, 0.2) is 71.8 Å². The molecule has 0 saturated heterocycles. The van der Waals surface area contributed by atoms with E-state index in [1.807, 2.05) is 0 Å². The second-order valence-corrected chi connectivity index (χ2v) is 9.93. The van der Waals surface area contributed by atoms with Crippen molar-refractivity contribution >= 4 is 16.8 Å². The minimum atomic E-state index is -0.975. The number of pyridine rings is 3. The molecule has 2 aromatic carbocycles. The molecule has 5 rings (SSSR count). The zero-order chi connectivity index (χ0) is 32.1. The summed E-state index contributed by atoms with van der Waals surface area (Å²) in [6.45, 7) is -0.430. The maximum absolute atomic E-state index is 15.3. The average Bonchev–Trinajstić information content (AvgIpc) is 3.03. The van der Waals surface area contributed by atoms with Crippen LogP contribution in [0.25, 0.3) is 22.2 Å². The van der Waals surface area contributed by atoms with Crippen LogP contribution in [0, 0.1) is 11.6 Å². The molecule has 0 aliphatic heterocycles. The molecule has 9 nitrogen and oxygen atoms in total. The molecule has 0 saturated carbocycles. The topological polar surface area (TPSA) is 102 Å². The summed E-state index contributed by atoms with van der Waals surface area (Å²) in [4.78, 5) is 35.4. The maximum Gasteiger partial charge on any atom is 0.257 e. The summed E-state index contributed by atoms with van der Waals surface area (Å²) >= 11 is 0. The molecule has 0 atom stereocenters. The van der Waals surface area contributed by atoms with E-state index in [-0.39, 0.29) is 58.4 Å². The summed E-state index contributed by atoms with van der Waals surface area (Å²) in [6.07, 6.45) is 2.42. The molecule has 0 N–H and O–H groups in total. The number of nitrogens with zero attached hydrogens (tertiary/aromatic N) is 3. The highest BCUT2D eigenvalue weighted by Crippen LogP contribution is 2.35. The Kier molecular flexibility index (Phi) is 9.43. The van der Waals surface area contributed by atoms with Gasteiger partial charge in [-0.2, -0.15) is 0 Å². The van der Waals surface area contributed by atoms with Crippen LogP contribution in [0.5, 0.6) is 23.1 Å². The Balaban J connectivity index is 1.41. The molecule has 0 radical (unpaired) electrons. The van der Waals surface area contributed by atoms with Crippen molar-refractivity contribution in [3.05, 3.63) is 106 Å². The molecule has 232 valence electrons.